The summed E-state index contributed by atoms with van der Waals surface area (Å²) in [6.07, 6.45) is 0. The number of anilines is 2. The maximum atomic E-state index is 5.82. The zero-order valence-corrected chi connectivity index (χ0v) is 11.4. The molecule has 2 N–H and O–H groups in total. The second-order valence-electron chi connectivity index (χ2n) is 3.39. The standard InChI is InChI=1S/C11H10ClN3S2/c1-15(11-14-9(12)6-17-11)8-5-3-2-4-7(8)10(13)16/h2-6H,1H3,(H2,13,16). The van der Waals surface area contributed by atoms with E-state index in [1.807, 2.05) is 36.2 Å². The summed E-state index contributed by atoms with van der Waals surface area (Å²) in [7, 11) is 1.91. The molecule has 88 valence electrons. The molecule has 1 aromatic heterocycles. The van der Waals surface area contributed by atoms with E-state index in [1.54, 1.807) is 5.38 Å². The number of nitrogens with two attached hydrogens (primary N) is 1. The Bertz CT molecular complexity index is 553. The van der Waals surface area contributed by atoms with Gasteiger partial charge in [-0.1, -0.05) is 36.0 Å². The molecule has 17 heavy (non-hydrogen) atoms. The van der Waals surface area contributed by atoms with Gasteiger partial charge in [0, 0.05) is 18.0 Å². The molecule has 0 bridgehead atoms. The number of halogens is 1. The van der Waals surface area contributed by atoms with Gasteiger partial charge in [-0.3, -0.25) is 0 Å². The van der Waals surface area contributed by atoms with Crippen LogP contribution in [-0.2, 0) is 0 Å². The number of hydrogen-bond donors (Lipinski definition) is 1. The van der Waals surface area contributed by atoms with Crippen molar-refractivity contribution in [2.24, 2.45) is 5.73 Å². The summed E-state index contributed by atoms with van der Waals surface area (Å²) in [5.74, 6) is 0. The van der Waals surface area contributed by atoms with Crippen molar-refractivity contribution < 1.29 is 0 Å². The summed E-state index contributed by atoms with van der Waals surface area (Å²) >= 11 is 12.3. The van der Waals surface area contributed by atoms with Crippen LogP contribution in [0, 0.1) is 0 Å². The number of para-hydroxylation sites is 1. The lowest BCUT2D eigenvalue weighted by Crippen LogP contribution is -2.17. The fourth-order valence-electron chi connectivity index (χ4n) is 1.48. The van der Waals surface area contributed by atoms with E-state index in [0.717, 1.165) is 16.4 Å². The molecule has 0 saturated heterocycles. The van der Waals surface area contributed by atoms with Gasteiger partial charge < -0.3 is 10.6 Å². The van der Waals surface area contributed by atoms with Crippen LogP contribution in [0.1, 0.15) is 5.56 Å². The van der Waals surface area contributed by atoms with Gasteiger partial charge in [0.25, 0.3) is 0 Å². The average Bonchev–Trinajstić information content (AvgIpc) is 2.75. The number of nitrogens with zero attached hydrogens (tertiary/aromatic N) is 2. The van der Waals surface area contributed by atoms with Crippen LogP contribution >= 0.6 is 35.2 Å². The third-order valence-corrected chi connectivity index (χ3v) is 3.74. The van der Waals surface area contributed by atoms with Gasteiger partial charge in [0.15, 0.2) is 5.13 Å². The minimum absolute atomic E-state index is 0.370. The van der Waals surface area contributed by atoms with Crippen molar-refractivity contribution in [1.82, 2.24) is 4.98 Å². The number of aromatic nitrogens is 1. The topological polar surface area (TPSA) is 42.2 Å². The first-order valence-corrected chi connectivity index (χ1v) is 6.50. The second-order valence-corrected chi connectivity index (χ2v) is 5.06. The van der Waals surface area contributed by atoms with Crippen LogP contribution in [0.25, 0.3) is 0 Å². The first-order chi connectivity index (χ1) is 8.09. The van der Waals surface area contributed by atoms with E-state index in [0.29, 0.717) is 10.1 Å². The van der Waals surface area contributed by atoms with Gasteiger partial charge >= 0.3 is 0 Å². The van der Waals surface area contributed by atoms with E-state index in [-0.39, 0.29) is 0 Å². The highest BCUT2D eigenvalue weighted by atomic mass is 35.5. The quantitative estimate of drug-likeness (QED) is 0.879. The number of thiocarbonyl (C=S) groups is 1. The Labute approximate surface area is 114 Å². The van der Waals surface area contributed by atoms with Crippen LogP contribution in [0.4, 0.5) is 10.8 Å². The molecule has 0 aliphatic rings. The van der Waals surface area contributed by atoms with Crippen LogP contribution in [0.15, 0.2) is 29.6 Å². The number of hydrogen-bond acceptors (Lipinski definition) is 4. The van der Waals surface area contributed by atoms with E-state index >= 15 is 0 Å². The first-order valence-electron chi connectivity index (χ1n) is 4.83. The highest BCUT2D eigenvalue weighted by Crippen LogP contribution is 2.30. The number of thiazole rings is 1. The van der Waals surface area contributed by atoms with E-state index < -0.39 is 0 Å². The lowest BCUT2D eigenvalue weighted by atomic mass is 10.1. The van der Waals surface area contributed by atoms with Crippen molar-refractivity contribution in [3.63, 3.8) is 0 Å². The molecule has 0 amide bonds. The van der Waals surface area contributed by atoms with Gasteiger partial charge in [-0.2, -0.15) is 0 Å². The molecule has 2 aromatic rings. The second kappa shape index (κ2) is 5.00. The van der Waals surface area contributed by atoms with Crippen LogP contribution < -0.4 is 10.6 Å². The maximum Gasteiger partial charge on any atom is 0.191 e. The van der Waals surface area contributed by atoms with Gasteiger partial charge in [0.05, 0.1) is 5.69 Å². The van der Waals surface area contributed by atoms with Crippen LogP contribution in [0.5, 0.6) is 0 Å². The molecule has 2 rings (SSSR count). The van der Waals surface area contributed by atoms with Crippen molar-refractivity contribution in [1.29, 1.82) is 0 Å². The third-order valence-electron chi connectivity index (χ3n) is 2.28. The van der Waals surface area contributed by atoms with Crippen molar-refractivity contribution >= 4 is 51.0 Å². The van der Waals surface area contributed by atoms with Gasteiger partial charge in [-0.05, 0) is 12.1 Å². The fourth-order valence-corrected chi connectivity index (χ4v) is 2.58. The Kier molecular flexibility index (Phi) is 3.61. The third kappa shape index (κ3) is 2.57. The molecular weight excluding hydrogens is 274 g/mol. The smallest absolute Gasteiger partial charge is 0.191 e. The van der Waals surface area contributed by atoms with Crippen LogP contribution in [-0.4, -0.2) is 17.0 Å². The van der Waals surface area contributed by atoms with E-state index in [1.165, 1.54) is 11.3 Å². The molecule has 0 saturated carbocycles. The van der Waals surface area contributed by atoms with E-state index in [2.05, 4.69) is 4.98 Å². The Morgan fingerprint density at radius 1 is 1.47 bits per heavy atom. The molecule has 1 heterocycles. The van der Waals surface area contributed by atoms with Crippen molar-refractivity contribution in [2.75, 3.05) is 11.9 Å². The highest BCUT2D eigenvalue weighted by molar-refractivity contribution is 7.80. The summed E-state index contributed by atoms with van der Waals surface area (Å²) < 4.78 is 0. The number of rotatable bonds is 3. The monoisotopic (exact) mass is 283 g/mol. The summed E-state index contributed by atoms with van der Waals surface area (Å²) in [6.45, 7) is 0. The Balaban J connectivity index is 2.43. The zero-order chi connectivity index (χ0) is 12.4. The fraction of sp³-hybridized carbons (Fsp3) is 0.0909. The predicted octanol–water partition coefficient (Wildman–Crippen LogP) is 3.20. The van der Waals surface area contributed by atoms with Gasteiger partial charge in [-0.25, -0.2) is 4.98 Å². The normalized spacial score (nSPS) is 10.2. The molecule has 1 aromatic carbocycles. The van der Waals surface area contributed by atoms with Gasteiger partial charge in [0.1, 0.15) is 10.1 Å². The van der Waals surface area contributed by atoms with Crippen molar-refractivity contribution in [3.05, 3.63) is 40.4 Å². The van der Waals surface area contributed by atoms with Crippen LogP contribution in [0.2, 0.25) is 5.15 Å². The molecule has 0 fully saturated rings. The zero-order valence-electron chi connectivity index (χ0n) is 9.05. The molecule has 0 aliphatic carbocycles. The minimum atomic E-state index is 0.370. The van der Waals surface area contributed by atoms with Crippen molar-refractivity contribution in [2.45, 2.75) is 0 Å². The SMILES string of the molecule is CN(c1nc(Cl)cs1)c1ccccc1C(N)=S. The lowest BCUT2D eigenvalue weighted by Gasteiger charge is -2.19. The predicted molar refractivity (Wildman–Crippen MR) is 77.5 cm³/mol. The highest BCUT2D eigenvalue weighted by Gasteiger charge is 2.13. The minimum Gasteiger partial charge on any atom is -0.389 e. The average molecular weight is 284 g/mol. The number of benzene rings is 1. The maximum absolute atomic E-state index is 5.82. The molecule has 0 unspecified atom stereocenters. The van der Waals surface area contributed by atoms with Gasteiger partial charge in [-0.15, -0.1) is 11.3 Å². The van der Waals surface area contributed by atoms with Crippen LogP contribution in [0.3, 0.4) is 0 Å². The molecular formula is C11H10ClN3S2. The van der Waals surface area contributed by atoms with Gasteiger partial charge in [0.2, 0.25) is 0 Å². The lowest BCUT2D eigenvalue weighted by molar-refractivity contribution is 1.17. The first kappa shape index (κ1) is 12.3. The molecule has 0 radical (unpaired) electrons. The molecule has 0 spiro atoms. The Hall–Kier alpha value is -1.17. The molecule has 3 nitrogen and oxygen atoms in total. The summed E-state index contributed by atoms with van der Waals surface area (Å²) in [6, 6.07) is 7.68. The molecule has 6 heteroatoms. The summed E-state index contributed by atoms with van der Waals surface area (Å²) in [5, 5.41) is 3.08. The summed E-state index contributed by atoms with van der Waals surface area (Å²) in [5.41, 5.74) is 7.45. The Morgan fingerprint density at radius 2 is 2.18 bits per heavy atom. The largest absolute Gasteiger partial charge is 0.389 e. The molecule has 0 aliphatic heterocycles. The van der Waals surface area contributed by atoms with Crippen molar-refractivity contribution in [3.8, 4) is 0 Å². The molecule has 0 atom stereocenters. The Morgan fingerprint density at radius 3 is 2.76 bits per heavy atom. The van der Waals surface area contributed by atoms with E-state index in [9.17, 15) is 0 Å². The summed E-state index contributed by atoms with van der Waals surface area (Å²) in [4.78, 5) is 6.51. The van der Waals surface area contributed by atoms with E-state index in [4.69, 9.17) is 29.6 Å².